The summed E-state index contributed by atoms with van der Waals surface area (Å²) >= 11 is 0. The standard InChI is InChI=1S/C125H133N9O2/c1-116(2,3)77-35-55-107-89(69-77)90-70-78(117(4,5)6)36-56-108(90)134(107)114-105-53-51-103(132-105)112(75-61-83(122(19,20)21)67-84(62-75)123(22,23)24)99-45-41-93(128-99)88(94-42-46-100(129-94)113(104-52-54-106(114)133-104)76-63-85(124(25,26)27)68-86(64-76)125(28,29)30)38-37-87-91-39-43-97(126-91)110(73-57-79(118(7,8)9)65-80(58-73)119(10,11)12)101-49-47-95(130-101)109(71-31-33-72(34-32-71)115(135)136)96-48-50-102(131-96)111(98-44-40-92(87)127-98)74-59-81(120(13,14)15)66-82(60-74)121(16,17)18/h31-36,39-70,126,128,131,133H,1-30H3,(H,135,136). The maximum atomic E-state index is 12.6. The number of fused-ring (bicyclic) bond motifs is 19. The Kier molecular flexibility index (Phi) is 22.3. The fourth-order valence-electron chi connectivity index (χ4n) is 19.1. The first-order valence-corrected chi connectivity index (χ1v) is 48.4. The molecule has 7 aromatic heterocycles. The molecule has 0 unspecified atom stereocenters. The molecular weight excluding hydrogens is 1660 g/mol. The highest BCUT2D eigenvalue weighted by atomic mass is 16.4. The number of carboxylic acid groups (broad SMARTS) is 1. The first-order valence-electron chi connectivity index (χ1n) is 48.4. The Morgan fingerprint density at radius 1 is 0.243 bits per heavy atom. The third-order valence-corrected chi connectivity index (χ3v) is 27.7. The molecule has 11 heterocycles. The summed E-state index contributed by atoms with van der Waals surface area (Å²) in [4.78, 5) is 53.0. The monoisotopic (exact) mass is 1790 g/mol. The molecule has 0 saturated heterocycles. The number of hydrogen-bond acceptors (Lipinski definition) is 5. The lowest BCUT2D eigenvalue weighted by Gasteiger charge is -2.26. The van der Waals surface area contributed by atoms with Crippen molar-refractivity contribution in [1.82, 2.24) is 44.4 Å². The van der Waals surface area contributed by atoms with Crippen LogP contribution in [0, 0.1) is 11.8 Å². The topological polar surface area (TPSA) is 157 Å². The Hall–Kier alpha value is -13.4. The molecule has 0 saturated carbocycles. The van der Waals surface area contributed by atoms with Gasteiger partial charge in [0.2, 0.25) is 0 Å². The number of hydrogen-bond donors (Lipinski definition) is 5. The molecule has 4 aliphatic heterocycles. The lowest BCUT2D eigenvalue weighted by atomic mass is 9.78. The van der Waals surface area contributed by atoms with Crippen LogP contribution in [0.5, 0.6) is 0 Å². The second-order valence-corrected chi connectivity index (χ2v) is 48.6. The molecule has 5 N–H and O–H groups in total. The zero-order valence-corrected chi connectivity index (χ0v) is 85.5. The summed E-state index contributed by atoms with van der Waals surface area (Å²) in [5, 5.41) is 12.7. The molecule has 690 valence electrons. The van der Waals surface area contributed by atoms with Crippen molar-refractivity contribution in [3.05, 3.63) is 300 Å². The Morgan fingerprint density at radius 2 is 0.471 bits per heavy atom. The molecule has 0 fully saturated rings. The highest BCUT2D eigenvalue weighted by Gasteiger charge is 2.33. The predicted octanol–water partition coefficient (Wildman–Crippen LogP) is 33.1. The van der Waals surface area contributed by atoms with Gasteiger partial charge in [-0.25, -0.2) is 24.7 Å². The zero-order valence-electron chi connectivity index (χ0n) is 85.5. The number of carboxylic acids is 1. The molecule has 136 heavy (non-hydrogen) atoms. The second-order valence-electron chi connectivity index (χ2n) is 48.6. The number of carbonyl (C=O) groups is 1. The molecule has 0 radical (unpaired) electrons. The number of aromatic carboxylic acids is 1. The highest BCUT2D eigenvalue weighted by molar-refractivity contribution is 6.12. The molecular formula is C125H133N9O2. The number of aromatic nitrogens is 9. The summed E-state index contributed by atoms with van der Waals surface area (Å²) in [5.74, 6) is 7.01. The van der Waals surface area contributed by atoms with Crippen LogP contribution < -0.4 is 0 Å². The Labute approximate surface area is 804 Å². The van der Waals surface area contributed by atoms with Gasteiger partial charge in [0, 0.05) is 66.2 Å². The van der Waals surface area contributed by atoms with E-state index in [0.717, 1.165) is 145 Å². The molecule has 11 nitrogen and oxygen atoms in total. The van der Waals surface area contributed by atoms with E-state index in [1.165, 1.54) is 66.4 Å². The van der Waals surface area contributed by atoms with Gasteiger partial charge in [0.1, 0.15) is 0 Å². The summed E-state index contributed by atoms with van der Waals surface area (Å²) in [7, 11) is 0. The third kappa shape index (κ3) is 17.8. The number of H-pyrrole nitrogens is 4. The van der Waals surface area contributed by atoms with Crippen LogP contribution in [0.25, 0.3) is 176 Å². The largest absolute Gasteiger partial charge is 0.478 e. The van der Waals surface area contributed by atoms with Gasteiger partial charge in [-0.05, 0) is 271 Å². The van der Waals surface area contributed by atoms with E-state index >= 15 is 0 Å². The number of benzene rings is 7. The Bertz CT molecular complexity index is 7580. The van der Waals surface area contributed by atoms with E-state index in [0.29, 0.717) is 28.2 Å². The van der Waals surface area contributed by atoms with E-state index in [1.807, 2.05) is 12.1 Å². The van der Waals surface area contributed by atoms with Crippen LogP contribution in [-0.4, -0.2) is 55.5 Å². The molecule has 0 aliphatic carbocycles. The molecule has 0 spiro atoms. The molecule has 11 heteroatoms. The quantitative estimate of drug-likeness (QED) is 0.100. The summed E-state index contributed by atoms with van der Waals surface area (Å²) in [6, 6.07) is 67.4. The van der Waals surface area contributed by atoms with Crippen molar-refractivity contribution >= 4 is 121 Å². The molecule has 7 aromatic carbocycles. The highest BCUT2D eigenvalue weighted by Crippen LogP contribution is 2.48. The van der Waals surface area contributed by atoms with Crippen LogP contribution in [-0.2, 0) is 54.1 Å². The smallest absolute Gasteiger partial charge is 0.335 e. The van der Waals surface area contributed by atoms with Gasteiger partial charge in [-0.2, -0.15) is 0 Å². The van der Waals surface area contributed by atoms with Crippen molar-refractivity contribution in [3.63, 3.8) is 0 Å². The van der Waals surface area contributed by atoms with E-state index in [9.17, 15) is 9.90 Å². The van der Waals surface area contributed by atoms with Crippen molar-refractivity contribution in [3.8, 4) is 73.2 Å². The van der Waals surface area contributed by atoms with E-state index in [4.69, 9.17) is 19.9 Å². The molecule has 16 bridgehead atoms. The number of aromatic amines is 4. The van der Waals surface area contributed by atoms with Gasteiger partial charge in [0.15, 0.2) is 0 Å². The van der Waals surface area contributed by atoms with Gasteiger partial charge < -0.3 is 29.6 Å². The number of rotatable bonds is 7. The molecule has 4 aliphatic rings. The fraction of sp³-hybridized carbons (Fsp3) is 0.320. The van der Waals surface area contributed by atoms with Gasteiger partial charge in [0.25, 0.3) is 0 Å². The zero-order chi connectivity index (χ0) is 97.5. The van der Waals surface area contributed by atoms with E-state index in [1.54, 1.807) is 12.1 Å². The van der Waals surface area contributed by atoms with Crippen molar-refractivity contribution in [2.24, 2.45) is 0 Å². The SMILES string of the molecule is CC(C)(C)c1cc(-c2c3nc(c(-c4ccc(C(=O)O)cc4)c4ccc([nH]4)c(-c4cc(C(C)(C)C)cc(C(C)(C)C)c4)c4nc(c(C#Cc5c6nc(c(-c7cc(C(C)(C)C)cc(C(C)(C)C)c7)c7ccc([nH]7)c(-n7c8ccc(C(C)(C)C)cc8c8cc(C(C)(C)C)ccc87)c7nc(c(-c8cc(C(C)(C)C)cc(C(C)(C)C)c8)c8ccc5[nH]8)C=C7)C=C6)c5ccc2[nH]5)C=C4)C=C3)cc(C(C)(C)C)c1. The summed E-state index contributed by atoms with van der Waals surface area (Å²) < 4.78 is 2.48. The minimum absolute atomic E-state index is 0.118. The van der Waals surface area contributed by atoms with Crippen LogP contribution in [0.15, 0.2) is 182 Å². The van der Waals surface area contributed by atoms with E-state index < -0.39 is 5.97 Å². The first-order chi connectivity index (χ1) is 63.5. The minimum Gasteiger partial charge on any atom is -0.478 e. The van der Waals surface area contributed by atoms with Crippen molar-refractivity contribution in [1.29, 1.82) is 0 Å². The molecule has 14 aromatic rings. The van der Waals surface area contributed by atoms with Gasteiger partial charge in [0.05, 0.1) is 95.5 Å². The second kappa shape index (κ2) is 32.7. The normalized spacial score (nSPS) is 13.5. The first kappa shape index (κ1) is 93.0. The Balaban J connectivity index is 1.01. The van der Waals surface area contributed by atoms with Gasteiger partial charge in [-0.3, -0.25) is 0 Å². The van der Waals surface area contributed by atoms with E-state index in [-0.39, 0.29) is 59.7 Å². The summed E-state index contributed by atoms with van der Waals surface area (Å²) in [6.45, 7) is 68.9. The van der Waals surface area contributed by atoms with Crippen LogP contribution in [0.4, 0.5) is 0 Å². The van der Waals surface area contributed by atoms with Gasteiger partial charge in [-0.1, -0.05) is 317 Å². The lowest BCUT2D eigenvalue weighted by Crippen LogP contribution is -2.16. The molecule has 0 atom stereocenters. The van der Waals surface area contributed by atoms with Gasteiger partial charge in [-0.15, -0.1) is 0 Å². The van der Waals surface area contributed by atoms with Crippen LogP contribution in [0.1, 0.15) is 330 Å². The number of nitrogens with zero attached hydrogens (tertiary/aromatic N) is 5. The maximum absolute atomic E-state index is 12.6. The summed E-state index contributed by atoms with van der Waals surface area (Å²) in [6.07, 6.45) is 17.4. The van der Waals surface area contributed by atoms with Crippen LogP contribution in [0.3, 0.4) is 0 Å². The lowest BCUT2D eigenvalue weighted by molar-refractivity contribution is 0.0696. The van der Waals surface area contributed by atoms with Crippen molar-refractivity contribution in [2.75, 3.05) is 0 Å². The van der Waals surface area contributed by atoms with Crippen molar-refractivity contribution in [2.45, 2.75) is 262 Å². The Morgan fingerprint density at radius 3 is 0.750 bits per heavy atom. The van der Waals surface area contributed by atoms with Crippen molar-refractivity contribution < 1.29 is 9.90 Å². The number of nitrogens with one attached hydrogen (secondary N) is 4. The third-order valence-electron chi connectivity index (χ3n) is 27.7. The van der Waals surface area contributed by atoms with Crippen LogP contribution >= 0.6 is 0 Å². The average Bonchev–Trinajstić information content (AvgIpc) is 1.57. The molecule has 18 rings (SSSR count). The predicted molar refractivity (Wildman–Crippen MR) is 579 cm³/mol. The average molecular weight is 1790 g/mol. The van der Waals surface area contributed by atoms with E-state index in [2.05, 4.69) is 450 Å². The van der Waals surface area contributed by atoms with Gasteiger partial charge >= 0.3 is 5.97 Å². The molecule has 0 amide bonds. The summed E-state index contributed by atoms with van der Waals surface area (Å²) in [5.41, 5.74) is 36.7. The maximum Gasteiger partial charge on any atom is 0.335 e. The fourth-order valence-corrected chi connectivity index (χ4v) is 19.1. The minimum atomic E-state index is -0.998. The van der Waals surface area contributed by atoms with Crippen LogP contribution in [0.2, 0.25) is 0 Å².